The van der Waals surface area contributed by atoms with Gasteiger partial charge in [0.2, 0.25) is 0 Å². The number of rotatable bonds is 2. The van der Waals surface area contributed by atoms with E-state index in [1.807, 2.05) is 32.0 Å². The molecule has 0 aliphatic heterocycles. The summed E-state index contributed by atoms with van der Waals surface area (Å²) in [5, 5.41) is 3.82. The van der Waals surface area contributed by atoms with Gasteiger partial charge < -0.3 is 10.3 Å². The molecule has 3 aromatic rings. The topological polar surface area (TPSA) is 52.0 Å². The Morgan fingerprint density at radius 3 is 2.48 bits per heavy atom. The molecule has 0 aliphatic carbocycles. The van der Waals surface area contributed by atoms with E-state index in [1.54, 1.807) is 18.2 Å². The molecular formula is C17H15FN2O. The summed E-state index contributed by atoms with van der Waals surface area (Å²) in [7, 11) is 0. The van der Waals surface area contributed by atoms with Crippen LogP contribution in [0.2, 0.25) is 0 Å². The molecule has 1 heterocycles. The van der Waals surface area contributed by atoms with E-state index in [4.69, 9.17) is 10.3 Å². The Hall–Kier alpha value is -2.62. The van der Waals surface area contributed by atoms with Crippen molar-refractivity contribution in [3.63, 3.8) is 0 Å². The van der Waals surface area contributed by atoms with Crippen LogP contribution < -0.4 is 5.73 Å². The van der Waals surface area contributed by atoms with Crippen LogP contribution in [0.25, 0.3) is 22.5 Å². The van der Waals surface area contributed by atoms with E-state index in [0.717, 1.165) is 16.7 Å². The van der Waals surface area contributed by atoms with Crippen LogP contribution in [0.4, 0.5) is 10.2 Å². The van der Waals surface area contributed by atoms with Crippen molar-refractivity contribution >= 4 is 5.82 Å². The van der Waals surface area contributed by atoms with Gasteiger partial charge in [0.25, 0.3) is 0 Å². The number of halogens is 1. The number of benzene rings is 2. The molecule has 0 bridgehead atoms. The summed E-state index contributed by atoms with van der Waals surface area (Å²) < 4.78 is 19.5. The quantitative estimate of drug-likeness (QED) is 0.760. The van der Waals surface area contributed by atoms with Gasteiger partial charge in [-0.2, -0.15) is 0 Å². The highest BCUT2D eigenvalue weighted by molar-refractivity contribution is 5.87. The summed E-state index contributed by atoms with van der Waals surface area (Å²) in [4.78, 5) is 0. The first-order valence-corrected chi connectivity index (χ1v) is 6.66. The van der Waals surface area contributed by atoms with Gasteiger partial charge in [0, 0.05) is 11.1 Å². The minimum Gasteiger partial charge on any atom is -0.380 e. The molecule has 0 unspecified atom stereocenters. The molecule has 0 saturated carbocycles. The van der Waals surface area contributed by atoms with Crippen molar-refractivity contribution in [1.29, 1.82) is 0 Å². The number of nitrogens with two attached hydrogens (primary N) is 1. The van der Waals surface area contributed by atoms with Crippen LogP contribution in [-0.4, -0.2) is 5.16 Å². The molecule has 2 N–H and O–H groups in total. The zero-order valence-electron chi connectivity index (χ0n) is 11.9. The second-order valence-electron chi connectivity index (χ2n) is 5.00. The van der Waals surface area contributed by atoms with Crippen LogP contribution in [0.1, 0.15) is 11.1 Å². The molecule has 0 radical (unpaired) electrons. The van der Waals surface area contributed by atoms with Crippen LogP contribution >= 0.6 is 0 Å². The van der Waals surface area contributed by atoms with Gasteiger partial charge in [-0.3, -0.25) is 0 Å². The molecule has 4 heteroatoms. The standard InChI is InChI=1S/C17H15FN2O/c1-10-6-5-8-12(11(10)2)16-15(17(19)20-21-16)13-7-3-4-9-14(13)18/h3-9H,1-2H3,(H2,19,20). The smallest absolute Gasteiger partial charge is 0.177 e. The lowest BCUT2D eigenvalue weighted by Crippen LogP contribution is -1.93. The lowest BCUT2D eigenvalue weighted by Gasteiger charge is -2.08. The number of anilines is 1. The third-order valence-electron chi connectivity index (χ3n) is 3.71. The second-order valence-corrected chi connectivity index (χ2v) is 5.00. The van der Waals surface area contributed by atoms with Crippen molar-refractivity contribution in [3.8, 4) is 22.5 Å². The summed E-state index contributed by atoms with van der Waals surface area (Å²) in [5.41, 5.74) is 9.85. The predicted molar refractivity (Wildman–Crippen MR) is 81.2 cm³/mol. The Kier molecular flexibility index (Phi) is 3.22. The molecule has 0 amide bonds. The highest BCUT2D eigenvalue weighted by atomic mass is 19.1. The summed E-state index contributed by atoms with van der Waals surface area (Å²) in [6, 6.07) is 12.3. The monoisotopic (exact) mass is 282 g/mol. The summed E-state index contributed by atoms with van der Waals surface area (Å²) >= 11 is 0. The molecule has 0 aliphatic rings. The van der Waals surface area contributed by atoms with E-state index in [2.05, 4.69) is 5.16 Å². The molecule has 0 fully saturated rings. The Bertz CT molecular complexity index is 808. The number of nitrogens with zero attached hydrogens (tertiary/aromatic N) is 1. The first-order valence-electron chi connectivity index (χ1n) is 6.66. The van der Waals surface area contributed by atoms with Crippen LogP contribution in [0.15, 0.2) is 47.0 Å². The van der Waals surface area contributed by atoms with Gasteiger partial charge in [-0.1, -0.05) is 41.6 Å². The van der Waals surface area contributed by atoms with Crippen molar-refractivity contribution in [3.05, 3.63) is 59.4 Å². The highest BCUT2D eigenvalue weighted by Crippen LogP contribution is 2.39. The molecule has 106 valence electrons. The average Bonchev–Trinajstić information content (AvgIpc) is 2.84. The molecule has 3 rings (SSSR count). The number of aryl methyl sites for hydroxylation is 1. The zero-order valence-corrected chi connectivity index (χ0v) is 11.9. The molecular weight excluding hydrogens is 267 g/mol. The first-order chi connectivity index (χ1) is 10.1. The largest absolute Gasteiger partial charge is 0.380 e. The van der Waals surface area contributed by atoms with Gasteiger partial charge in [-0.05, 0) is 31.0 Å². The number of hydrogen-bond acceptors (Lipinski definition) is 3. The molecule has 0 atom stereocenters. The van der Waals surface area contributed by atoms with Gasteiger partial charge in [-0.15, -0.1) is 0 Å². The fraction of sp³-hybridized carbons (Fsp3) is 0.118. The minimum atomic E-state index is -0.348. The van der Waals surface area contributed by atoms with E-state index in [0.29, 0.717) is 16.9 Å². The van der Waals surface area contributed by atoms with E-state index >= 15 is 0 Å². The lowest BCUT2D eigenvalue weighted by molar-refractivity contribution is 0.436. The molecule has 0 spiro atoms. The zero-order chi connectivity index (χ0) is 15.0. The predicted octanol–water partition coefficient (Wildman–Crippen LogP) is 4.35. The minimum absolute atomic E-state index is 0.191. The van der Waals surface area contributed by atoms with E-state index in [9.17, 15) is 4.39 Å². The fourth-order valence-electron chi connectivity index (χ4n) is 2.41. The SMILES string of the molecule is Cc1cccc(-c2onc(N)c2-c2ccccc2F)c1C. The Balaban J connectivity index is 2.28. The van der Waals surface area contributed by atoms with E-state index < -0.39 is 0 Å². The van der Waals surface area contributed by atoms with Crippen LogP contribution in [0, 0.1) is 19.7 Å². The van der Waals surface area contributed by atoms with Crippen molar-refractivity contribution in [2.45, 2.75) is 13.8 Å². The highest BCUT2D eigenvalue weighted by Gasteiger charge is 2.21. The molecule has 2 aromatic carbocycles. The maximum absolute atomic E-state index is 14.1. The number of nitrogen functional groups attached to an aromatic ring is 1. The molecule has 1 aromatic heterocycles. The van der Waals surface area contributed by atoms with Gasteiger partial charge in [0.15, 0.2) is 11.6 Å². The van der Waals surface area contributed by atoms with Gasteiger partial charge in [0.05, 0.1) is 5.56 Å². The maximum Gasteiger partial charge on any atom is 0.177 e. The molecule has 0 saturated heterocycles. The van der Waals surface area contributed by atoms with Gasteiger partial charge >= 0.3 is 0 Å². The van der Waals surface area contributed by atoms with E-state index in [-0.39, 0.29) is 11.6 Å². The third kappa shape index (κ3) is 2.18. The van der Waals surface area contributed by atoms with Crippen LogP contribution in [0.5, 0.6) is 0 Å². The first kappa shape index (κ1) is 13.4. The summed E-state index contributed by atoms with van der Waals surface area (Å²) in [5.74, 6) is 0.341. The fourth-order valence-corrected chi connectivity index (χ4v) is 2.41. The van der Waals surface area contributed by atoms with Gasteiger partial charge in [-0.25, -0.2) is 4.39 Å². The maximum atomic E-state index is 14.1. The van der Waals surface area contributed by atoms with Crippen LogP contribution in [-0.2, 0) is 0 Å². The molecule has 21 heavy (non-hydrogen) atoms. The molecule has 3 nitrogen and oxygen atoms in total. The number of hydrogen-bond donors (Lipinski definition) is 1. The summed E-state index contributed by atoms with van der Waals surface area (Å²) in [6.45, 7) is 4.01. The normalized spacial score (nSPS) is 10.8. The van der Waals surface area contributed by atoms with Crippen LogP contribution in [0.3, 0.4) is 0 Å². The second kappa shape index (κ2) is 5.05. The van der Waals surface area contributed by atoms with E-state index in [1.165, 1.54) is 6.07 Å². The van der Waals surface area contributed by atoms with Crippen molar-refractivity contribution in [2.24, 2.45) is 0 Å². The lowest BCUT2D eigenvalue weighted by atomic mass is 9.96. The number of aromatic nitrogens is 1. The summed E-state index contributed by atoms with van der Waals surface area (Å²) in [6.07, 6.45) is 0. The third-order valence-corrected chi connectivity index (χ3v) is 3.71. The Morgan fingerprint density at radius 1 is 1.00 bits per heavy atom. The van der Waals surface area contributed by atoms with Crippen molar-refractivity contribution in [1.82, 2.24) is 5.16 Å². The van der Waals surface area contributed by atoms with Crippen molar-refractivity contribution in [2.75, 3.05) is 5.73 Å². The van der Waals surface area contributed by atoms with Crippen molar-refractivity contribution < 1.29 is 8.91 Å². The van der Waals surface area contributed by atoms with Gasteiger partial charge in [0.1, 0.15) is 5.82 Å². The average molecular weight is 282 g/mol. The Morgan fingerprint density at radius 2 is 1.71 bits per heavy atom. The Labute approximate surface area is 122 Å².